The molecule has 0 radical (unpaired) electrons. The van der Waals surface area contributed by atoms with Gasteiger partial charge >= 0.3 is 0 Å². The average molecular weight is 973 g/mol. The number of carbonyl (C=O) groups excluding carboxylic acids is 2. The molecule has 69 heavy (non-hydrogen) atoms. The van der Waals surface area contributed by atoms with Gasteiger partial charge in [0.15, 0.2) is 0 Å². The molecule has 0 aromatic heterocycles. The SMILES string of the molecule is CCCCCCCCCCN(CCCCCCCCCC)C(=O)CCCCCCCN(CCCCCCCC(=O)N(CCCCCCCCCC)CCCCCCCCCC)CC1CCCCC1O. The molecule has 0 heterocycles. The first-order valence-corrected chi connectivity index (χ1v) is 31.9. The number of aliphatic hydroxyl groups is 1. The summed E-state index contributed by atoms with van der Waals surface area (Å²) < 4.78 is 0. The van der Waals surface area contributed by atoms with Gasteiger partial charge in [-0.05, 0) is 83.2 Å². The monoisotopic (exact) mass is 972 g/mol. The Kier molecular flexibility index (Phi) is 49.4. The molecule has 1 aliphatic carbocycles. The van der Waals surface area contributed by atoms with E-state index < -0.39 is 0 Å². The summed E-state index contributed by atoms with van der Waals surface area (Å²) >= 11 is 0. The van der Waals surface area contributed by atoms with Crippen LogP contribution in [-0.2, 0) is 9.59 Å². The highest BCUT2D eigenvalue weighted by molar-refractivity contribution is 5.76. The van der Waals surface area contributed by atoms with E-state index in [9.17, 15) is 14.7 Å². The van der Waals surface area contributed by atoms with Crippen LogP contribution in [0.4, 0.5) is 0 Å². The highest BCUT2D eigenvalue weighted by Gasteiger charge is 2.25. The molecule has 2 unspecified atom stereocenters. The third-order valence-corrected chi connectivity index (χ3v) is 15.9. The van der Waals surface area contributed by atoms with Gasteiger partial charge in [-0.15, -0.1) is 0 Å². The molecule has 6 heteroatoms. The lowest BCUT2D eigenvalue weighted by Crippen LogP contribution is -2.38. The van der Waals surface area contributed by atoms with Crippen LogP contribution in [0.5, 0.6) is 0 Å². The van der Waals surface area contributed by atoms with E-state index in [1.807, 2.05) is 0 Å². The molecule has 410 valence electrons. The number of amides is 2. The second-order valence-electron chi connectivity index (χ2n) is 22.6. The van der Waals surface area contributed by atoms with E-state index in [1.54, 1.807) is 0 Å². The van der Waals surface area contributed by atoms with Crippen molar-refractivity contribution in [2.75, 3.05) is 45.8 Å². The molecule has 1 fully saturated rings. The molecule has 6 nitrogen and oxygen atoms in total. The third kappa shape index (κ3) is 42.0. The largest absolute Gasteiger partial charge is 0.393 e. The van der Waals surface area contributed by atoms with Gasteiger partial charge in [-0.25, -0.2) is 0 Å². The Morgan fingerprint density at radius 1 is 0.333 bits per heavy atom. The van der Waals surface area contributed by atoms with Crippen LogP contribution in [0.1, 0.15) is 336 Å². The molecule has 0 aromatic carbocycles. The fourth-order valence-corrected chi connectivity index (χ4v) is 11.1. The molecule has 1 aliphatic rings. The summed E-state index contributed by atoms with van der Waals surface area (Å²) in [4.78, 5) is 34.2. The lowest BCUT2D eigenvalue weighted by atomic mass is 9.86. The summed E-state index contributed by atoms with van der Waals surface area (Å²) in [6.45, 7) is 16.3. The minimum atomic E-state index is -0.132. The number of hydrogen-bond acceptors (Lipinski definition) is 4. The maximum atomic E-state index is 13.5. The van der Waals surface area contributed by atoms with Crippen molar-refractivity contribution in [1.82, 2.24) is 14.7 Å². The van der Waals surface area contributed by atoms with Crippen molar-refractivity contribution in [2.45, 2.75) is 342 Å². The summed E-state index contributed by atoms with van der Waals surface area (Å²) in [7, 11) is 0. The van der Waals surface area contributed by atoms with Crippen molar-refractivity contribution < 1.29 is 14.7 Å². The van der Waals surface area contributed by atoms with E-state index in [-0.39, 0.29) is 6.10 Å². The maximum absolute atomic E-state index is 13.5. The maximum Gasteiger partial charge on any atom is 0.222 e. The van der Waals surface area contributed by atoms with Crippen LogP contribution in [0.15, 0.2) is 0 Å². The van der Waals surface area contributed by atoms with Gasteiger partial charge in [-0.1, -0.05) is 259 Å². The normalized spacial score (nSPS) is 15.1. The highest BCUT2D eigenvalue weighted by Crippen LogP contribution is 2.26. The molecule has 2 amide bonds. The number of unbranched alkanes of at least 4 members (excludes halogenated alkanes) is 36. The highest BCUT2D eigenvalue weighted by atomic mass is 16.3. The molecule has 0 bridgehead atoms. The van der Waals surface area contributed by atoms with Crippen LogP contribution in [0.25, 0.3) is 0 Å². The van der Waals surface area contributed by atoms with Crippen molar-refractivity contribution in [3.63, 3.8) is 0 Å². The van der Waals surface area contributed by atoms with Gasteiger partial charge in [0.05, 0.1) is 6.10 Å². The Hall–Kier alpha value is -1.14. The minimum absolute atomic E-state index is 0.132. The van der Waals surface area contributed by atoms with Gasteiger partial charge in [-0.3, -0.25) is 9.59 Å². The molecule has 0 spiro atoms. The van der Waals surface area contributed by atoms with E-state index in [0.717, 1.165) is 90.8 Å². The molecule has 0 aromatic rings. The van der Waals surface area contributed by atoms with Crippen molar-refractivity contribution in [2.24, 2.45) is 5.92 Å². The average Bonchev–Trinajstić information content (AvgIpc) is 3.35. The fraction of sp³-hybridized carbons (Fsp3) is 0.968. The van der Waals surface area contributed by atoms with Gasteiger partial charge in [-0.2, -0.15) is 0 Å². The molecule has 0 aliphatic heterocycles. The van der Waals surface area contributed by atoms with Crippen molar-refractivity contribution in [3.05, 3.63) is 0 Å². The van der Waals surface area contributed by atoms with Gasteiger partial charge in [0, 0.05) is 45.6 Å². The number of rotatable bonds is 54. The molecular formula is C63H125N3O3. The van der Waals surface area contributed by atoms with E-state index in [2.05, 4.69) is 42.4 Å². The van der Waals surface area contributed by atoms with Gasteiger partial charge in [0.2, 0.25) is 11.8 Å². The second kappa shape index (κ2) is 51.7. The lowest BCUT2D eigenvalue weighted by Gasteiger charge is -2.33. The van der Waals surface area contributed by atoms with Crippen molar-refractivity contribution >= 4 is 11.8 Å². The van der Waals surface area contributed by atoms with Crippen LogP contribution in [0, 0.1) is 5.92 Å². The van der Waals surface area contributed by atoms with E-state index in [4.69, 9.17) is 0 Å². The van der Waals surface area contributed by atoms with Crippen molar-refractivity contribution in [3.8, 4) is 0 Å². The van der Waals surface area contributed by atoms with E-state index in [1.165, 1.54) is 263 Å². The Balaban J connectivity index is 2.47. The molecule has 1 rings (SSSR count). The van der Waals surface area contributed by atoms with E-state index >= 15 is 0 Å². The number of aliphatic hydroxyl groups excluding tert-OH is 1. The Morgan fingerprint density at radius 2 is 0.580 bits per heavy atom. The lowest BCUT2D eigenvalue weighted by molar-refractivity contribution is -0.132. The zero-order valence-corrected chi connectivity index (χ0v) is 47.7. The molecule has 1 N–H and O–H groups in total. The summed E-state index contributed by atoms with van der Waals surface area (Å²) in [5.41, 5.74) is 0. The zero-order chi connectivity index (χ0) is 49.9. The smallest absolute Gasteiger partial charge is 0.222 e. The first-order valence-electron chi connectivity index (χ1n) is 31.9. The van der Waals surface area contributed by atoms with Crippen LogP contribution in [0.2, 0.25) is 0 Å². The summed E-state index contributed by atoms with van der Waals surface area (Å²) in [6.07, 6.45) is 59.9. The predicted molar refractivity (Wildman–Crippen MR) is 303 cm³/mol. The Morgan fingerprint density at radius 3 is 0.870 bits per heavy atom. The van der Waals surface area contributed by atoms with Crippen molar-refractivity contribution in [1.29, 1.82) is 0 Å². The topological polar surface area (TPSA) is 64.1 Å². The number of hydrogen-bond donors (Lipinski definition) is 1. The molecular weight excluding hydrogens is 847 g/mol. The van der Waals surface area contributed by atoms with Crippen LogP contribution >= 0.6 is 0 Å². The number of carbonyl (C=O) groups is 2. The van der Waals surface area contributed by atoms with Crippen LogP contribution in [0.3, 0.4) is 0 Å². The molecule has 0 saturated heterocycles. The Bertz CT molecular complexity index is 960. The van der Waals surface area contributed by atoms with E-state index in [0.29, 0.717) is 17.7 Å². The first kappa shape index (κ1) is 65.9. The molecule has 1 saturated carbocycles. The standard InChI is InChI=1S/C63H125N3O3/c1-5-9-13-17-21-25-35-45-55-65(56-46-36-26-22-18-14-10-6-2)62(68)51-39-31-29-33-43-53-64(59-60-49-41-42-50-61(60)67)54-44-34-30-32-40-52-63(69)66(57-47-37-27-23-19-15-11-7-3)58-48-38-28-24-20-16-12-8-4/h60-61,67H,5-59H2,1-4H3. The minimum Gasteiger partial charge on any atom is -0.393 e. The van der Waals surface area contributed by atoms with Crippen LogP contribution < -0.4 is 0 Å². The van der Waals surface area contributed by atoms with Gasteiger partial charge in [0.25, 0.3) is 0 Å². The second-order valence-corrected chi connectivity index (χ2v) is 22.6. The number of nitrogens with zero attached hydrogens (tertiary/aromatic N) is 3. The zero-order valence-electron chi connectivity index (χ0n) is 47.7. The quantitative estimate of drug-likeness (QED) is 0.0617. The predicted octanol–water partition coefficient (Wildman–Crippen LogP) is 18.7. The summed E-state index contributed by atoms with van der Waals surface area (Å²) in [5.74, 6) is 1.25. The Labute approximate surface area is 433 Å². The summed E-state index contributed by atoms with van der Waals surface area (Å²) in [6, 6.07) is 0. The fourth-order valence-electron chi connectivity index (χ4n) is 11.1. The van der Waals surface area contributed by atoms with Gasteiger partial charge in [0.1, 0.15) is 0 Å². The molecule has 2 atom stereocenters. The first-order chi connectivity index (χ1) is 34.0. The van der Waals surface area contributed by atoms with Crippen LogP contribution in [-0.4, -0.2) is 83.5 Å². The summed E-state index contributed by atoms with van der Waals surface area (Å²) in [5, 5.41) is 10.9. The van der Waals surface area contributed by atoms with Gasteiger partial charge < -0.3 is 19.8 Å². The third-order valence-electron chi connectivity index (χ3n) is 15.9.